The summed E-state index contributed by atoms with van der Waals surface area (Å²) in [5, 5.41) is 4.63. The molecule has 0 saturated heterocycles. The third-order valence-corrected chi connectivity index (χ3v) is 2.59. The Bertz CT molecular complexity index is 532. The van der Waals surface area contributed by atoms with Crippen molar-refractivity contribution in [1.82, 2.24) is 9.78 Å². The van der Waals surface area contributed by atoms with E-state index in [0.29, 0.717) is 10.8 Å². The maximum absolute atomic E-state index is 11.2. The molecular formula is C11H11ClN2O3. The summed E-state index contributed by atoms with van der Waals surface area (Å²) in [5.41, 5.74) is 0. The lowest BCUT2D eigenvalue weighted by atomic mass is 10.2. The van der Waals surface area contributed by atoms with Crippen LogP contribution in [-0.2, 0) is 4.74 Å². The molecule has 0 aliphatic carbocycles. The summed E-state index contributed by atoms with van der Waals surface area (Å²) >= 11 is 5.78. The Morgan fingerprint density at radius 2 is 2.35 bits per heavy atom. The van der Waals surface area contributed by atoms with Gasteiger partial charge in [0.25, 0.3) is 0 Å². The Hall–Kier alpha value is -1.75. The molecule has 6 heteroatoms. The van der Waals surface area contributed by atoms with Crippen molar-refractivity contribution in [3.63, 3.8) is 0 Å². The minimum absolute atomic E-state index is 0.138. The van der Waals surface area contributed by atoms with Crippen LogP contribution in [0.3, 0.4) is 0 Å². The molecule has 0 N–H and O–H groups in total. The van der Waals surface area contributed by atoms with Crippen molar-refractivity contribution in [2.75, 3.05) is 7.11 Å². The van der Waals surface area contributed by atoms with Crippen LogP contribution in [0.2, 0.25) is 5.02 Å². The summed E-state index contributed by atoms with van der Waals surface area (Å²) in [6.45, 7) is 1.89. The molecule has 0 saturated carbocycles. The third kappa shape index (κ3) is 2.34. The molecule has 1 atom stereocenters. The van der Waals surface area contributed by atoms with Crippen molar-refractivity contribution in [3.05, 3.63) is 41.1 Å². The molecule has 0 amide bonds. The summed E-state index contributed by atoms with van der Waals surface area (Å²) in [6.07, 6.45) is 3.23. The van der Waals surface area contributed by atoms with Crippen molar-refractivity contribution in [2.45, 2.75) is 13.0 Å². The van der Waals surface area contributed by atoms with Crippen LogP contribution in [-0.4, -0.2) is 22.9 Å². The number of esters is 1. The number of hydrogen-bond donors (Lipinski definition) is 0. The summed E-state index contributed by atoms with van der Waals surface area (Å²) in [4.78, 5) is 11.2. The van der Waals surface area contributed by atoms with Gasteiger partial charge in [0.15, 0.2) is 0 Å². The zero-order valence-electron chi connectivity index (χ0n) is 9.38. The Morgan fingerprint density at radius 3 is 2.94 bits per heavy atom. The molecule has 1 unspecified atom stereocenters. The molecule has 0 bridgehead atoms. The zero-order chi connectivity index (χ0) is 12.4. The first-order valence-corrected chi connectivity index (χ1v) is 5.37. The predicted octanol–water partition coefficient (Wildman–Crippen LogP) is 2.53. The number of furan rings is 1. The molecule has 2 rings (SSSR count). The van der Waals surface area contributed by atoms with Gasteiger partial charge in [-0.3, -0.25) is 4.68 Å². The van der Waals surface area contributed by atoms with Crippen LogP contribution < -0.4 is 0 Å². The highest BCUT2D eigenvalue weighted by Crippen LogP contribution is 2.21. The van der Waals surface area contributed by atoms with E-state index in [-0.39, 0.29) is 11.8 Å². The Morgan fingerprint density at radius 1 is 1.59 bits per heavy atom. The molecule has 17 heavy (non-hydrogen) atoms. The molecule has 0 aliphatic heterocycles. The summed E-state index contributed by atoms with van der Waals surface area (Å²) in [5.74, 6) is 0.291. The summed E-state index contributed by atoms with van der Waals surface area (Å²) in [6, 6.07) is 3.15. The standard InChI is InChI=1S/C11H11ClN2O3/c1-7(14-6-8(12)5-13-14)9-3-4-10(17-9)11(15)16-2/h3-7H,1-2H3. The second-order valence-electron chi connectivity index (χ2n) is 3.51. The number of halogens is 1. The van der Waals surface area contributed by atoms with Gasteiger partial charge < -0.3 is 9.15 Å². The highest BCUT2D eigenvalue weighted by Gasteiger charge is 2.17. The molecular weight excluding hydrogens is 244 g/mol. The van der Waals surface area contributed by atoms with Crippen molar-refractivity contribution >= 4 is 17.6 Å². The van der Waals surface area contributed by atoms with Gasteiger partial charge in [-0.15, -0.1) is 0 Å². The minimum Gasteiger partial charge on any atom is -0.463 e. The lowest BCUT2D eigenvalue weighted by Crippen LogP contribution is -2.06. The molecule has 5 nitrogen and oxygen atoms in total. The predicted molar refractivity (Wildman–Crippen MR) is 61.1 cm³/mol. The van der Waals surface area contributed by atoms with Crippen LogP contribution in [0.25, 0.3) is 0 Å². The van der Waals surface area contributed by atoms with Gasteiger partial charge in [-0.1, -0.05) is 11.6 Å². The largest absolute Gasteiger partial charge is 0.463 e. The fourth-order valence-electron chi connectivity index (χ4n) is 1.44. The number of ether oxygens (including phenoxy) is 1. The van der Waals surface area contributed by atoms with E-state index in [1.807, 2.05) is 6.92 Å². The van der Waals surface area contributed by atoms with Crippen LogP contribution in [0.1, 0.15) is 29.3 Å². The monoisotopic (exact) mass is 254 g/mol. The van der Waals surface area contributed by atoms with Gasteiger partial charge >= 0.3 is 5.97 Å². The van der Waals surface area contributed by atoms with Crippen molar-refractivity contribution < 1.29 is 13.9 Å². The van der Waals surface area contributed by atoms with Gasteiger partial charge in [0, 0.05) is 6.20 Å². The molecule has 90 valence electrons. The maximum atomic E-state index is 11.2. The quantitative estimate of drug-likeness (QED) is 0.790. The molecule has 2 aromatic heterocycles. The van der Waals surface area contributed by atoms with E-state index in [4.69, 9.17) is 16.0 Å². The van der Waals surface area contributed by atoms with Crippen LogP contribution >= 0.6 is 11.6 Å². The number of nitrogens with zero attached hydrogens (tertiary/aromatic N) is 2. The Balaban J connectivity index is 2.23. The summed E-state index contributed by atoms with van der Waals surface area (Å²) in [7, 11) is 1.31. The van der Waals surface area contributed by atoms with Gasteiger partial charge in [0.2, 0.25) is 5.76 Å². The van der Waals surface area contributed by atoms with E-state index >= 15 is 0 Å². The number of carbonyl (C=O) groups is 1. The first-order valence-electron chi connectivity index (χ1n) is 4.99. The van der Waals surface area contributed by atoms with Crippen LogP contribution in [0.15, 0.2) is 28.9 Å². The van der Waals surface area contributed by atoms with Crippen LogP contribution in [0.4, 0.5) is 0 Å². The van der Waals surface area contributed by atoms with E-state index in [1.54, 1.807) is 29.2 Å². The van der Waals surface area contributed by atoms with Crippen molar-refractivity contribution in [3.8, 4) is 0 Å². The average molecular weight is 255 g/mol. The number of hydrogen-bond acceptors (Lipinski definition) is 4. The third-order valence-electron chi connectivity index (χ3n) is 2.39. The van der Waals surface area contributed by atoms with E-state index in [2.05, 4.69) is 9.84 Å². The zero-order valence-corrected chi connectivity index (χ0v) is 10.1. The second kappa shape index (κ2) is 4.63. The van der Waals surface area contributed by atoms with Crippen molar-refractivity contribution in [1.29, 1.82) is 0 Å². The lowest BCUT2D eigenvalue weighted by molar-refractivity contribution is 0.0562. The maximum Gasteiger partial charge on any atom is 0.373 e. The number of carbonyl (C=O) groups excluding carboxylic acids is 1. The number of rotatable bonds is 3. The molecule has 2 heterocycles. The Labute approximate surface area is 103 Å². The summed E-state index contributed by atoms with van der Waals surface area (Å²) < 4.78 is 11.6. The highest BCUT2D eigenvalue weighted by atomic mass is 35.5. The van der Waals surface area contributed by atoms with Gasteiger partial charge in [-0.05, 0) is 19.1 Å². The molecule has 0 radical (unpaired) electrons. The smallest absolute Gasteiger partial charge is 0.373 e. The van der Waals surface area contributed by atoms with E-state index < -0.39 is 5.97 Å². The van der Waals surface area contributed by atoms with Gasteiger partial charge in [-0.25, -0.2) is 4.79 Å². The van der Waals surface area contributed by atoms with E-state index in [1.165, 1.54) is 7.11 Å². The second-order valence-corrected chi connectivity index (χ2v) is 3.94. The Kier molecular flexibility index (Phi) is 3.19. The van der Waals surface area contributed by atoms with Gasteiger partial charge in [0.05, 0.1) is 18.3 Å². The first-order chi connectivity index (χ1) is 8.11. The SMILES string of the molecule is COC(=O)c1ccc(C(C)n2cc(Cl)cn2)o1. The van der Waals surface area contributed by atoms with Crippen LogP contribution in [0.5, 0.6) is 0 Å². The molecule has 0 fully saturated rings. The molecule has 0 spiro atoms. The number of aromatic nitrogens is 2. The van der Waals surface area contributed by atoms with E-state index in [9.17, 15) is 4.79 Å². The highest BCUT2D eigenvalue weighted by molar-refractivity contribution is 6.30. The topological polar surface area (TPSA) is 57.3 Å². The van der Waals surface area contributed by atoms with Crippen molar-refractivity contribution in [2.24, 2.45) is 0 Å². The fraction of sp³-hybridized carbons (Fsp3) is 0.273. The normalized spacial score (nSPS) is 12.4. The fourth-order valence-corrected chi connectivity index (χ4v) is 1.59. The van der Waals surface area contributed by atoms with Gasteiger partial charge in [-0.2, -0.15) is 5.10 Å². The van der Waals surface area contributed by atoms with Gasteiger partial charge in [0.1, 0.15) is 11.8 Å². The van der Waals surface area contributed by atoms with Crippen LogP contribution in [0, 0.1) is 0 Å². The molecule has 0 aliphatic rings. The first kappa shape index (κ1) is 11.7. The van der Waals surface area contributed by atoms with E-state index in [0.717, 1.165) is 0 Å². The number of methoxy groups -OCH3 is 1. The molecule has 2 aromatic rings. The lowest BCUT2D eigenvalue weighted by Gasteiger charge is -2.08. The average Bonchev–Trinajstić information content (AvgIpc) is 2.95. The molecule has 0 aromatic carbocycles. The minimum atomic E-state index is -0.498.